The number of aromatic nitrogens is 2. The molecule has 3 aromatic rings. The van der Waals surface area contributed by atoms with Gasteiger partial charge in [-0.05, 0) is 42.4 Å². The lowest BCUT2D eigenvalue weighted by atomic mass is 9.75. The molecular formula is C23H21F3N4OS. The maximum Gasteiger partial charge on any atom is 0.411 e. The standard InChI is InChI=1S/C23H21F3N4OS/c1-32-18-9-5-4-8-16(18)27-22(31)17-12-19-28-20-14-7-3-2-6-13(14)10-11-15(20)21(23(24,25)26)30(19)29-17/h2-9,12,15,20-21,28H,10-11H2,1H3,(H,27,31). The molecule has 1 amide bonds. The van der Waals surface area contributed by atoms with Crippen LogP contribution in [0.25, 0.3) is 0 Å². The van der Waals surface area contributed by atoms with Gasteiger partial charge in [0.05, 0.1) is 11.7 Å². The summed E-state index contributed by atoms with van der Waals surface area (Å²) in [5.74, 6) is -1.04. The second-order valence-electron chi connectivity index (χ2n) is 8.02. The van der Waals surface area contributed by atoms with Crippen LogP contribution in [-0.4, -0.2) is 28.1 Å². The Morgan fingerprint density at radius 1 is 1.19 bits per heavy atom. The molecule has 9 heteroatoms. The third kappa shape index (κ3) is 3.54. The van der Waals surface area contributed by atoms with Crippen molar-refractivity contribution in [1.82, 2.24) is 9.78 Å². The number of fused-ring (bicyclic) bond motifs is 4. The summed E-state index contributed by atoms with van der Waals surface area (Å²) in [7, 11) is 0. The summed E-state index contributed by atoms with van der Waals surface area (Å²) in [5.41, 5.74) is 2.48. The number of aryl methyl sites for hydroxylation is 1. The summed E-state index contributed by atoms with van der Waals surface area (Å²) in [6, 6.07) is 14.0. The molecule has 3 unspecified atom stereocenters. The van der Waals surface area contributed by atoms with Crippen molar-refractivity contribution in [2.24, 2.45) is 5.92 Å². The van der Waals surface area contributed by atoms with Crippen molar-refractivity contribution < 1.29 is 18.0 Å². The zero-order chi connectivity index (χ0) is 22.5. The molecule has 1 aliphatic carbocycles. The molecule has 3 atom stereocenters. The van der Waals surface area contributed by atoms with Crippen LogP contribution in [0.3, 0.4) is 0 Å². The molecule has 0 radical (unpaired) electrons. The number of carbonyl (C=O) groups is 1. The number of benzene rings is 2. The van der Waals surface area contributed by atoms with Crippen LogP contribution in [0, 0.1) is 5.92 Å². The maximum absolute atomic E-state index is 14.2. The van der Waals surface area contributed by atoms with Crippen LogP contribution in [0.15, 0.2) is 59.5 Å². The Bertz CT molecular complexity index is 1180. The molecule has 166 valence electrons. The van der Waals surface area contributed by atoms with Gasteiger partial charge in [-0.1, -0.05) is 36.4 Å². The van der Waals surface area contributed by atoms with Gasteiger partial charge in [-0.25, -0.2) is 4.68 Å². The lowest BCUT2D eigenvalue weighted by molar-refractivity contribution is -0.188. The number of halogens is 3. The first-order valence-corrected chi connectivity index (χ1v) is 11.5. The third-order valence-corrected chi connectivity index (χ3v) is 6.99. The number of alkyl halides is 3. The van der Waals surface area contributed by atoms with Gasteiger partial charge in [-0.2, -0.15) is 18.3 Å². The average molecular weight is 459 g/mol. The minimum Gasteiger partial charge on any atom is -0.363 e. The van der Waals surface area contributed by atoms with E-state index >= 15 is 0 Å². The fourth-order valence-corrected chi connectivity index (χ4v) is 5.34. The number of rotatable bonds is 3. The van der Waals surface area contributed by atoms with Gasteiger partial charge in [-0.15, -0.1) is 11.8 Å². The van der Waals surface area contributed by atoms with Gasteiger partial charge in [0.2, 0.25) is 0 Å². The lowest BCUT2D eigenvalue weighted by Gasteiger charge is -2.43. The van der Waals surface area contributed by atoms with Gasteiger partial charge >= 0.3 is 6.18 Å². The molecule has 32 heavy (non-hydrogen) atoms. The largest absolute Gasteiger partial charge is 0.411 e. The second kappa shape index (κ2) is 7.88. The van der Waals surface area contributed by atoms with E-state index in [1.165, 1.54) is 17.8 Å². The van der Waals surface area contributed by atoms with Crippen molar-refractivity contribution in [3.63, 3.8) is 0 Å². The highest BCUT2D eigenvalue weighted by Gasteiger charge is 2.53. The maximum atomic E-state index is 14.2. The van der Waals surface area contributed by atoms with Gasteiger partial charge < -0.3 is 10.6 Å². The van der Waals surface area contributed by atoms with Gasteiger partial charge in [0.1, 0.15) is 5.82 Å². The van der Waals surface area contributed by atoms with E-state index in [4.69, 9.17) is 0 Å². The molecule has 0 fully saturated rings. The van der Waals surface area contributed by atoms with E-state index in [1.807, 2.05) is 42.7 Å². The fraction of sp³-hybridized carbons (Fsp3) is 0.304. The first-order valence-electron chi connectivity index (χ1n) is 10.3. The monoisotopic (exact) mass is 458 g/mol. The number of hydrogen-bond donors (Lipinski definition) is 2. The Morgan fingerprint density at radius 2 is 1.94 bits per heavy atom. The normalized spacial score (nSPS) is 21.7. The van der Waals surface area contributed by atoms with Crippen molar-refractivity contribution in [1.29, 1.82) is 0 Å². The summed E-state index contributed by atoms with van der Waals surface area (Å²) >= 11 is 1.47. The number of nitrogens with one attached hydrogen (secondary N) is 2. The van der Waals surface area contributed by atoms with Crippen LogP contribution in [0.4, 0.5) is 24.7 Å². The van der Waals surface area contributed by atoms with Crippen LogP contribution >= 0.6 is 11.8 Å². The van der Waals surface area contributed by atoms with Crippen molar-refractivity contribution >= 4 is 29.2 Å². The Balaban J connectivity index is 1.52. The topological polar surface area (TPSA) is 59.0 Å². The number of thioether (sulfide) groups is 1. The quantitative estimate of drug-likeness (QED) is 0.495. The molecule has 5 rings (SSSR count). The SMILES string of the molecule is CSc1ccccc1NC(=O)c1cc2n(n1)C(C(F)(F)F)C1CCc3ccccc3C1N2. The van der Waals surface area contributed by atoms with Crippen LogP contribution in [0.1, 0.15) is 40.1 Å². The molecular weight excluding hydrogens is 437 g/mol. The van der Waals surface area contributed by atoms with Crippen molar-refractivity contribution in [2.45, 2.75) is 36.0 Å². The first kappa shape index (κ1) is 20.9. The molecule has 0 bridgehead atoms. The van der Waals surface area contributed by atoms with Crippen LogP contribution in [0.2, 0.25) is 0 Å². The summed E-state index contributed by atoms with van der Waals surface area (Å²) in [4.78, 5) is 13.7. The molecule has 2 N–H and O–H groups in total. The van der Waals surface area contributed by atoms with Gasteiger partial charge in [0, 0.05) is 16.9 Å². The lowest BCUT2D eigenvalue weighted by Crippen LogP contribution is -2.45. The molecule has 1 aliphatic heterocycles. The smallest absolute Gasteiger partial charge is 0.363 e. The van der Waals surface area contributed by atoms with Crippen molar-refractivity contribution in [2.75, 3.05) is 16.9 Å². The van der Waals surface area contributed by atoms with Gasteiger partial charge in [0.25, 0.3) is 5.91 Å². The predicted octanol–water partition coefficient (Wildman–Crippen LogP) is 5.69. The highest BCUT2D eigenvalue weighted by Crippen LogP contribution is 2.51. The van der Waals surface area contributed by atoms with E-state index in [-0.39, 0.29) is 11.5 Å². The number of carbonyl (C=O) groups excluding carboxylic acids is 1. The molecule has 5 nitrogen and oxygen atoms in total. The number of para-hydroxylation sites is 1. The van der Waals surface area contributed by atoms with E-state index in [1.54, 1.807) is 12.1 Å². The Hall–Kier alpha value is -2.94. The summed E-state index contributed by atoms with van der Waals surface area (Å²) < 4.78 is 43.6. The van der Waals surface area contributed by atoms with Crippen molar-refractivity contribution in [3.05, 3.63) is 71.4 Å². The number of anilines is 2. The Morgan fingerprint density at radius 3 is 2.72 bits per heavy atom. The summed E-state index contributed by atoms with van der Waals surface area (Å²) in [5, 5.41) is 10.1. The van der Waals surface area contributed by atoms with Crippen LogP contribution in [-0.2, 0) is 6.42 Å². The Kier molecular flexibility index (Phi) is 5.16. The second-order valence-corrected chi connectivity index (χ2v) is 8.87. The van der Waals surface area contributed by atoms with E-state index in [0.29, 0.717) is 18.5 Å². The molecule has 0 saturated carbocycles. The zero-order valence-corrected chi connectivity index (χ0v) is 18.0. The van der Waals surface area contributed by atoms with E-state index in [9.17, 15) is 18.0 Å². The summed E-state index contributed by atoms with van der Waals surface area (Å²) in [6.45, 7) is 0. The predicted molar refractivity (Wildman–Crippen MR) is 118 cm³/mol. The molecule has 1 aromatic heterocycles. The zero-order valence-electron chi connectivity index (χ0n) is 17.2. The Labute approximate surface area is 187 Å². The van der Waals surface area contributed by atoms with E-state index < -0.39 is 30.1 Å². The average Bonchev–Trinajstić information content (AvgIpc) is 3.20. The first-order chi connectivity index (χ1) is 15.4. The minimum absolute atomic E-state index is 0.0513. The van der Waals surface area contributed by atoms with E-state index in [0.717, 1.165) is 20.7 Å². The van der Waals surface area contributed by atoms with Crippen molar-refractivity contribution in [3.8, 4) is 0 Å². The molecule has 2 heterocycles. The van der Waals surface area contributed by atoms with Crippen LogP contribution < -0.4 is 10.6 Å². The minimum atomic E-state index is -4.49. The molecule has 2 aliphatic rings. The number of hydrogen-bond acceptors (Lipinski definition) is 4. The number of nitrogens with zero attached hydrogens (tertiary/aromatic N) is 2. The highest BCUT2D eigenvalue weighted by molar-refractivity contribution is 7.98. The van der Waals surface area contributed by atoms with E-state index in [2.05, 4.69) is 15.7 Å². The van der Waals surface area contributed by atoms with Crippen LogP contribution in [0.5, 0.6) is 0 Å². The fourth-order valence-electron chi connectivity index (χ4n) is 4.79. The molecule has 0 saturated heterocycles. The summed E-state index contributed by atoms with van der Waals surface area (Å²) in [6.07, 6.45) is -1.63. The highest BCUT2D eigenvalue weighted by atomic mass is 32.2. The third-order valence-electron chi connectivity index (χ3n) is 6.20. The van der Waals surface area contributed by atoms with Gasteiger partial charge in [-0.3, -0.25) is 4.79 Å². The molecule has 2 aromatic carbocycles. The number of amides is 1. The van der Waals surface area contributed by atoms with Gasteiger partial charge in [0.15, 0.2) is 11.7 Å². The molecule has 0 spiro atoms.